The maximum absolute atomic E-state index is 11.0. The van der Waals surface area contributed by atoms with Gasteiger partial charge in [-0.25, -0.2) is 9.78 Å². The number of hydrogen-bond donors (Lipinski definition) is 2. The summed E-state index contributed by atoms with van der Waals surface area (Å²) < 4.78 is 0. The van der Waals surface area contributed by atoms with E-state index in [9.17, 15) is 9.90 Å². The van der Waals surface area contributed by atoms with E-state index < -0.39 is 5.97 Å². The summed E-state index contributed by atoms with van der Waals surface area (Å²) in [6.07, 6.45) is 0. The average molecular weight is 313 g/mol. The molecule has 1 aliphatic heterocycles. The highest BCUT2D eigenvalue weighted by atomic mass is 16.4. The van der Waals surface area contributed by atoms with Crippen LogP contribution in [0.4, 0.5) is 5.82 Å². The third kappa shape index (κ3) is 3.78. The maximum Gasteiger partial charge on any atom is 0.354 e. The molecule has 0 bridgehead atoms. The highest BCUT2D eigenvalue weighted by Gasteiger charge is 2.19. The number of carboxylic acid groups (broad SMARTS) is 1. The van der Waals surface area contributed by atoms with Crippen LogP contribution in [0.1, 0.15) is 16.1 Å². The van der Waals surface area contributed by atoms with Crippen LogP contribution < -0.4 is 4.90 Å². The third-order valence-electron chi connectivity index (χ3n) is 3.97. The van der Waals surface area contributed by atoms with Gasteiger partial charge in [-0.3, -0.25) is 4.90 Å². The van der Waals surface area contributed by atoms with Crippen molar-refractivity contribution in [2.45, 2.75) is 6.54 Å². The molecule has 1 aliphatic rings. The summed E-state index contributed by atoms with van der Waals surface area (Å²) in [4.78, 5) is 19.6. The molecule has 2 heterocycles. The van der Waals surface area contributed by atoms with Gasteiger partial charge in [-0.05, 0) is 29.8 Å². The van der Waals surface area contributed by atoms with Crippen molar-refractivity contribution < 1.29 is 15.0 Å². The molecule has 6 heteroatoms. The second-order valence-electron chi connectivity index (χ2n) is 5.62. The number of piperazine rings is 1. The molecule has 2 aromatic rings. The van der Waals surface area contributed by atoms with Crippen LogP contribution in [0.3, 0.4) is 0 Å². The summed E-state index contributed by atoms with van der Waals surface area (Å²) in [5.74, 6) is -0.00732. The molecule has 120 valence electrons. The summed E-state index contributed by atoms with van der Waals surface area (Å²) in [7, 11) is 0. The topological polar surface area (TPSA) is 76.9 Å². The van der Waals surface area contributed by atoms with Gasteiger partial charge < -0.3 is 15.1 Å². The number of nitrogens with zero attached hydrogens (tertiary/aromatic N) is 3. The SMILES string of the molecule is O=C(O)c1cccc(N2CCN(Cc3cccc(O)c3)CC2)n1. The van der Waals surface area contributed by atoms with Gasteiger partial charge in [-0.15, -0.1) is 0 Å². The molecule has 1 aromatic heterocycles. The molecule has 0 radical (unpaired) electrons. The fourth-order valence-electron chi connectivity index (χ4n) is 2.77. The van der Waals surface area contributed by atoms with Gasteiger partial charge in [0.2, 0.25) is 0 Å². The van der Waals surface area contributed by atoms with E-state index in [1.165, 1.54) is 6.07 Å². The Morgan fingerprint density at radius 3 is 2.52 bits per heavy atom. The molecule has 6 nitrogen and oxygen atoms in total. The van der Waals surface area contributed by atoms with Crippen LogP contribution in [0.15, 0.2) is 42.5 Å². The lowest BCUT2D eigenvalue weighted by atomic mass is 10.2. The van der Waals surface area contributed by atoms with Crippen molar-refractivity contribution in [2.75, 3.05) is 31.1 Å². The maximum atomic E-state index is 11.0. The Bertz CT molecular complexity index is 697. The molecular formula is C17H19N3O3. The number of aromatic carboxylic acids is 1. The lowest BCUT2D eigenvalue weighted by Gasteiger charge is -2.35. The first-order valence-electron chi connectivity index (χ1n) is 7.57. The predicted octanol–water partition coefficient (Wildman–Crippen LogP) is 1.81. The van der Waals surface area contributed by atoms with E-state index >= 15 is 0 Å². The van der Waals surface area contributed by atoms with Gasteiger partial charge in [0.05, 0.1) is 0 Å². The molecule has 0 saturated carbocycles. The summed E-state index contributed by atoms with van der Waals surface area (Å²) in [6.45, 7) is 4.14. The van der Waals surface area contributed by atoms with Crippen LogP contribution in [-0.2, 0) is 6.54 Å². The number of rotatable bonds is 4. The Balaban J connectivity index is 1.60. The van der Waals surface area contributed by atoms with Crippen LogP contribution in [0.5, 0.6) is 5.75 Å². The summed E-state index contributed by atoms with van der Waals surface area (Å²) in [6, 6.07) is 12.4. The Kier molecular flexibility index (Phi) is 4.43. The van der Waals surface area contributed by atoms with E-state index in [1.807, 2.05) is 18.2 Å². The number of anilines is 1. The predicted molar refractivity (Wildman–Crippen MR) is 86.8 cm³/mol. The number of phenols is 1. The average Bonchev–Trinajstić information content (AvgIpc) is 2.56. The number of phenolic OH excluding ortho intramolecular Hbond substituents is 1. The van der Waals surface area contributed by atoms with Crippen LogP contribution in [0.2, 0.25) is 0 Å². The van der Waals surface area contributed by atoms with Crippen molar-refractivity contribution >= 4 is 11.8 Å². The van der Waals surface area contributed by atoms with Gasteiger partial charge >= 0.3 is 5.97 Å². The second-order valence-corrected chi connectivity index (χ2v) is 5.62. The molecule has 1 aromatic carbocycles. The zero-order valence-corrected chi connectivity index (χ0v) is 12.7. The van der Waals surface area contributed by atoms with Crippen LogP contribution >= 0.6 is 0 Å². The van der Waals surface area contributed by atoms with Crippen molar-refractivity contribution in [1.29, 1.82) is 0 Å². The molecule has 23 heavy (non-hydrogen) atoms. The normalized spacial score (nSPS) is 15.6. The first-order chi connectivity index (χ1) is 11.1. The van der Waals surface area contributed by atoms with Crippen LogP contribution in [0, 0.1) is 0 Å². The van der Waals surface area contributed by atoms with E-state index in [-0.39, 0.29) is 11.4 Å². The van der Waals surface area contributed by atoms with Gasteiger partial charge in [-0.1, -0.05) is 18.2 Å². The first kappa shape index (κ1) is 15.3. The Morgan fingerprint density at radius 2 is 1.83 bits per heavy atom. The molecule has 3 rings (SSSR count). The summed E-state index contributed by atoms with van der Waals surface area (Å²) in [5.41, 5.74) is 1.16. The lowest BCUT2D eigenvalue weighted by molar-refractivity contribution is 0.0690. The standard InChI is InChI=1S/C17H19N3O3/c21-14-4-1-3-13(11-14)12-19-7-9-20(10-8-19)16-6-2-5-15(18-16)17(22)23/h1-6,11,21H,7-10,12H2,(H,22,23). The van der Waals surface area contributed by atoms with Crippen molar-refractivity contribution in [1.82, 2.24) is 9.88 Å². The van der Waals surface area contributed by atoms with Gasteiger partial charge in [0.15, 0.2) is 5.69 Å². The van der Waals surface area contributed by atoms with Crippen molar-refractivity contribution in [3.05, 3.63) is 53.7 Å². The smallest absolute Gasteiger partial charge is 0.354 e. The van der Waals surface area contributed by atoms with E-state index in [1.54, 1.807) is 18.2 Å². The number of carboxylic acids is 1. The monoisotopic (exact) mass is 313 g/mol. The van der Waals surface area contributed by atoms with Gasteiger partial charge in [0.1, 0.15) is 11.6 Å². The largest absolute Gasteiger partial charge is 0.508 e. The zero-order valence-electron chi connectivity index (χ0n) is 12.7. The number of aromatic hydroxyl groups is 1. The second kappa shape index (κ2) is 6.66. The van der Waals surface area contributed by atoms with Gasteiger partial charge in [0.25, 0.3) is 0 Å². The number of pyridine rings is 1. The minimum Gasteiger partial charge on any atom is -0.508 e. The Hall–Kier alpha value is -2.60. The fraction of sp³-hybridized carbons (Fsp3) is 0.294. The number of hydrogen-bond acceptors (Lipinski definition) is 5. The molecule has 2 N–H and O–H groups in total. The molecule has 1 saturated heterocycles. The quantitative estimate of drug-likeness (QED) is 0.896. The number of benzene rings is 1. The molecule has 0 amide bonds. The van der Waals surface area contributed by atoms with Crippen LogP contribution in [0.25, 0.3) is 0 Å². The third-order valence-corrected chi connectivity index (χ3v) is 3.97. The number of carbonyl (C=O) groups is 1. The summed E-state index contributed by atoms with van der Waals surface area (Å²) >= 11 is 0. The first-order valence-corrected chi connectivity index (χ1v) is 7.57. The van der Waals surface area contributed by atoms with E-state index in [0.717, 1.165) is 38.3 Å². The highest BCUT2D eigenvalue weighted by molar-refractivity contribution is 5.85. The Labute approximate surface area is 134 Å². The van der Waals surface area contributed by atoms with Crippen molar-refractivity contribution in [3.63, 3.8) is 0 Å². The molecule has 0 atom stereocenters. The lowest BCUT2D eigenvalue weighted by Crippen LogP contribution is -2.46. The molecule has 0 unspecified atom stereocenters. The fourth-order valence-corrected chi connectivity index (χ4v) is 2.77. The van der Waals surface area contributed by atoms with Crippen molar-refractivity contribution in [2.24, 2.45) is 0 Å². The Morgan fingerprint density at radius 1 is 1.09 bits per heavy atom. The van der Waals surface area contributed by atoms with E-state index in [2.05, 4.69) is 14.8 Å². The van der Waals surface area contributed by atoms with Crippen molar-refractivity contribution in [3.8, 4) is 5.75 Å². The highest BCUT2D eigenvalue weighted by Crippen LogP contribution is 2.17. The summed E-state index contributed by atoms with van der Waals surface area (Å²) in [5, 5.41) is 18.5. The molecule has 1 fully saturated rings. The zero-order chi connectivity index (χ0) is 16.2. The minimum absolute atomic E-state index is 0.0738. The van der Waals surface area contributed by atoms with E-state index in [0.29, 0.717) is 5.82 Å². The molecule has 0 spiro atoms. The molecular weight excluding hydrogens is 294 g/mol. The minimum atomic E-state index is -1.01. The molecule has 0 aliphatic carbocycles. The van der Waals surface area contributed by atoms with Gasteiger partial charge in [-0.2, -0.15) is 0 Å². The van der Waals surface area contributed by atoms with E-state index in [4.69, 9.17) is 5.11 Å². The van der Waals surface area contributed by atoms with Crippen LogP contribution in [-0.4, -0.2) is 52.2 Å². The van der Waals surface area contributed by atoms with Gasteiger partial charge in [0, 0.05) is 32.7 Å². The number of aromatic nitrogens is 1.